The lowest BCUT2D eigenvalue weighted by Gasteiger charge is -2.13. The highest BCUT2D eigenvalue weighted by molar-refractivity contribution is 9.10. The molecule has 0 aliphatic heterocycles. The second-order valence-corrected chi connectivity index (χ2v) is 6.35. The maximum absolute atomic E-state index is 13.7. The molecular formula is C14H9Br2Cl2FO. The Morgan fingerprint density at radius 3 is 2.50 bits per heavy atom. The van der Waals surface area contributed by atoms with E-state index in [9.17, 15) is 4.39 Å². The highest BCUT2D eigenvalue weighted by Gasteiger charge is 2.11. The lowest BCUT2D eigenvalue weighted by Crippen LogP contribution is -2.01. The molecule has 1 nitrogen and oxygen atoms in total. The molecule has 0 saturated heterocycles. The fourth-order valence-electron chi connectivity index (χ4n) is 1.66. The summed E-state index contributed by atoms with van der Waals surface area (Å²) in [5.41, 5.74) is 1.28. The smallest absolute Gasteiger partial charge is 0.142 e. The van der Waals surface area contributed by atoms with Gasteiger partial charge in [-0.2, -0.15) is 0 Å². The molecule has 2 rings (SSSR count). The zero-order chi connectivity index (χ0) is 14.7. The van der Waals surface area contributed by atoms with Crippen LogP contribution in [0.2, 0.25) is 10.0 Å². The zero-order valence-electron chi connectivity index (χ0n) is 10.1. The molecule has 0 fully saturated rings. The normalized spacial score (nSPS) is 10.7. The van der Waals surface area contributed by atoms with Crippen LogP contribution in [0.1, 0.15) is 11.1 Å². The van der Waals surface area contributed by atoms with Crippen LogP contribution in [0.5, 0.6) is 5.75 Å². The van der Waals surface area contributed by atoms with E-state index in [4.69, 9.17) is 27.9 Å². The molecule has 0 aromatic heterocycles. The van der Waals surface area contributed by atoms with Gasteiger partial charge in [-0.15, -0.1) is 0 Å². The second-order valence-electron chi connectivity index (χ2n) is 4.03. The molecule has 0 atom stereocenters. The summed E-state index contributed by atoms with van der Waals surface area (Å²) in [4.78, 5) is 0. The van der Waals surface area contributed by atoms with E-state index in [1.807, 2.05) is 0 Å². The summed E-state index contributed by atoms with van der Waals surface area (Å²) < 4.78 is 20.1. The van der Waals surface area contributed by atoms with Gasteiger partial charge in [0.05, 0.1) is 5.02 Å². The molecule has 106 valence electrons. The average molecular weight is 443 g/mol. The Morgan fingerprint density at radius 2 is 1.85 bits per heavy atom. The number of halogens is 5. The topological polar surface area (TPSA) is 9.23 Å². The first-order valence-electron chi connectivity index (χ1n) is 5.62. The minimum Gasteiger partial charge on any atom is -0.487 e. The van der Waals surface area contributed by atoms with Crippen LogP contribution < -0.4 is 4.74 Å². The predicted octanol–water partition coefficient (Wildman–Crippen LogP) is 6.37. The maximum Gasteiger partial charge on any atom is 0.142 e. The van der Waals surface area contributed by atoms with Gasteiger partial charge in [0, 0.05) is 26.0 Å². The van der Waals surface area contributed by atoms with Crippen molar-refractivity contribution >= 4 is 55.1 Å². The van der Waals surface area contributed by atoms with Gasteiger partial charge in [0.25, 0.3) is 0 Å². The molecule has 0 N–H and O–H groups in total. The summed E-state index contributed by atoms with van der Waals surface area (Å²) in [6, 6.07) is 8.18. The molecule has 0 aliphatic rings. The van der Waals surface area contributed by atoms with Gasteiger partial charge in [0.2, 0.25) is 0 Å². The molecular weight excluding hydrogens is 434 g/mol. The largest absolute Gasteiger partial charge is 0.487 e. The Bertz CT molecular complexity index is 635. The third-order valence-electron chi connectivity index (χ3n) is 2.62. The van der Waals surface area contributed by atoms with E-state index in [0.717, 1.165) is 5.56 Å². The van der Waals surface area contributed by atoms with E-state index in [0.29, 0.717) is 31.2 Å². The van der Waals surface area contributed by atoms with Gasteiger partial charge in [-0.05, 0) is 24.3 Å². The number of alkyl halides is 1. The fourth-order valence-corrected chi connectivity index (χ4v) is 3.00. The number of rotatable bonds is 4. The SMILES string of the molecule is Fc1cc(Br)ccc1COc1c(Cl)cc(Cl)cc1CBr. The van der Waals surface area contributed by atoms with Crippen molar-refractivity contribution in [1.29, 1.82) is 0 Å². The minimum absolute atomic E-state index is 0.0977. The lowest BCUT2D eigenvalue weighted by molar-refractivity contribution is 0.298. The van der Waals surface area contributed by atoms with Gasteiger partial charge >= 0.3 is 0 Å². The number of hydrogen-bond acceptors (Lipinski definition) is 1. The predicted molar refractivity (Wildman–Crippen MR) is 87.5 cm³/mol. The van der Waals surface area contributed by atoms with Crippen LogP contribution in [-0.4, -0.2) is 0 Å². The second kappa shape index (κ2) is 7.12. The Morgan fingerprint density at radius 1 is 1.10 bits per heavy atom. The summed E-state index contributed by atoms with van der Waals surface area (Å²) in [6.45, 7) is 0.0977. The van der Waals surface area contributed by atoms with Crippen LogP contribution in [0.4, 0.5) is 4.39 Å². The van der Waals surface area contributed by atoms with Gasteiger partial charge in [-0.25, -0.2) is 4.39 Å². The molecule has 0 radical (unpaired) electrons. The first-order chi connectivity index (χ1) is 9.51. The van der Waals surface area contributed by atoms with Gasteiger partial charge < -0.3 is 4.74 Å². The third kappa shape index (κ3) is 3.88. The van der Waals surface area contributed by atoms with Crippen molar-refractivity contribution in [3.63, 3.8) is 0 Å². The van der Waals surface area contributed by atoms with Crippen molar-refractivity contribution in [1.82, 2.24) is 0 Å². The summed E-state index contributed by atoms with van der Waals surface area (Å²) in [7, 11) is 0. The van der Waals surface area contributed by atoms with Crippen LogP contribution in [0, 0.1) is 5.82 Å². The molecule has 0 spiro atoms. The monoisotopic (exact) mass is 440 g/mol. The lowest BCUT2D eigenvalue weighted by atomic mass is 10.2. The van der Waals surface area contributed by atoms with Crippen LogP contribution in [0.25, 0.3) is 0 Å². The van der Waals surface area contributed by atoms with Crippen molar-refractivity contribution in [2.45, 2.75) is 11.9 Å². The van der Waals surface area contributed by atoms with Gasteiger partial charge in [-0.1, -0.05) is 61.1 Å². The van der Waals surface area contributed by atoms with Crippen molar-refractivity contribution in [3.8, 4) is 5.75 Å². The van der Waals surface area contributed by atoms with E-state index in [1.54, 1.807) is 24.3 Å². The highest BCUT2D eigenvalue weighted by atomic mass is 79.9. The summed E-state index contributed by atoms with van der Waals surface area (Å²) in [6.07, 6.45) is 0. The van der Waals surface area contributed by atoms with E-state index in [-0.39, 0.29) is 12.4 Å². The first kappa shape index (κ1) is 16.1. The maximum atomic E-state index is 13.7. The zero-order valence-corrected chi connectivity index (χ0v) is 14.8. The highest BCUT2D eigenvalue weighted by Crippen LogP contribution is 2.34. The number of benzene rings is 2. The van der Waals surface area contributed by atoms with Crippen LogP contribution in [0.3, 0.4) is 0 Å². The average Bonchev–Trinajstić information content (AvgIpc) is 2.38. The van der Waals surface area contributed by atoms with Crippen molar-refractivity contribution in [2.24, 2.45) is 0 Å². The van der Waals surface area contributed by atoms with E-state index < -0.39 is 0 Å². The molecule has 6 heteroatoms. The Labute approximate surface area is 143 Å². The molecule has 0 saturated carbocycles. The van der Waals surface area contributed by atoms with E-state index in [1.165, 1.54) is 6.07 Å². The number of ether oxygens (including phenoxy) is 1. The summed E-state index contributed by atoms with van der Waals surface area (Å²) in [5.74, 6) is 0.181. The first-order valence-corrected chi connectivity index (χ1v) is 8.29. The summed E-state index contributed by atoms with van der Waals surface area (Å²) in [5, 5.41) is 1.49. The molecule has 20 heavy (non-hydrogen) atoms. The molecule has 2 aromatic rings. The van der Waals surface area contributed by atoms with Gasteiger partial charge in [-0.3, -0.25) is 0 Å². The van der Waals surface area contributed by atoms with E-state index in [2.05, 4.69) is 31.9 Å². The molecule has 0 aliphatic carbocycles. The molecule has 0 unspecified atom stereocenters. The third-order valence-corrected chi connectivity index (χ3v) is 4.21. The van der Waals surface area contributed by atoms with E-state index >= 15 is 0 Å². The van der Waals surface area contributed by atoms with Crippen LogP contribution >= 0.6 is 55.1 Å². The van der Waals surface area contributed by atoms with Crippen molar-refractivity contribution in [2.75, 3.05) is 0 Å². The van der Waals surface area contributed by atoms with Crippen LogP contribution in [-0.2, 0) is 11.9 Å². The van der Waals surface area contributed by atoms with Crippen molar-refractivity contribution < 1.29 is 9.13 Å². The Kier molecular flexibility index (Phi) is 5.73. The van der Waals surface area contributed by atoms with Gasteiger partial charge in [0.1, 0.15) is 18.2 Å². The van der Waals surface area contributed by atoms with Gasteiger partial charge in [0.15, 0.2) is 0 Å². The molecule has 2 aromatic carbocycles. The molecule has 0 heterocycles. The number of hydrogen-bond donors (Lipinski definition) is 0. The van der Waals surface area contributed by atoms with Crippen LogP contribution in [0.15, 0.2) is 34.8 Å². The fraction of sp³-hybridized carbons (Fsp3) is 0.143. The summed E-state index contributed by atoms with van der Waals surface area (Å²) >= 11 is 18.6. The van der Waals surface area contributed by atoms with Crippen molar-refractivity contribution in [3.05, 3.63) is 61.8 Å². The quantitative estimate of drug-likeness (QED) is 0.500. The molecule has 0 bridgehead atoms. The standard InChI is InChI=1S/C14H9Br2Cl2FO/c15-6-9-3-11(17)5-12(18)14(9)20-7-8-1-2-10(16)4-13(8)19/h1-5H,6-7H2. The Balaban J connectivity index is 2.22. The Hall–Kier alpha value is -0.290. The molecule has 0 amide bonds. The minimum atomic E-state index is -0.329.